The molecule has 1 amide bonds. The summed E-state index contributed by atoms with van der Waals surface area (Å²) in [5.74, 6) is 0.0719. The molecule has 0 aromatic heterocycles. The predicted octanol–water partition coefficient (Wildman–Crippen LogP) is 1.97. The summed E-state index contributed by atoms with van der Waals surface area (Å²) >= 11 is 0. The maximum Gasteiger partial charge on any atom is 0.234 e. The molecule has 4 nitrogen and oxygen atoms in total. The van der Waals surface area contributed by atoms with E-state index in [9.17, 15) is 4.79 Å². The van der Waals surface area contributed by atoms with Crippen molar-refractivity contribution in [2.24, 2.45) is 0 Å². The van der Waals surface area contributed by atoms with Crippen LogP contribution in [0.15, 0.2) is 30.3 Å². The van der Waals surface area contributed by atoms with Crippen LogP contribution < -0.4 is 5.32 Å². The molecule has 110 valence electrons. The van der Waals surface area contributed by atoms with E-state index in [1.54, 1.807) is 0 Å². The molecule has 1 aromatic rings. The van der Waals surface area contributed by atoms with Gasteiger partial charge in [0.05, 0.1) is 24.8 Å². The normalized spacial score (nSPS) is 25.1. The van der Waals surface area contributed by atoms with Crippen LogP contribution in [0.2, 0.25) is 0 Å². The van der Waals surface area contributed by atoms with Gasteiger partial charge in [-0.25, -0.2) is 0 Å². The summed E-state index contributed by atoms with van der Waals surface area (Å²) in [6.07, 6.45) is 0.385. The fraction of sp³-hybridized carbons (Fsp3) is 0.562. The number of nitrogens with zero attached hydrogens (tertiary/aromatic N) is 1. The lowest BCUT2D eigenvalue weighted by Crippen LogP contribution is -2.49. The standard InChI is InChI=1S/C16H24N2O2/c1-12-9-18(10-13(2)20-12)11-16(19)17-14(3)15-7-5-4-6-8-15/h4-8,12-14H,9-11H2,1-3H3,(H,17,19)/t12-,13-,14+/m0/s1. The number of ether oxygens (including phenoxy) is 1. The summed E-state index contributed by atoms with van der Waals surface area (Å²) in [5, 5.41) is 3.05. The number of hydrogen-bond acceptors (Lipinski definition) is 3. The predicted molar refractivity (Wildman–Crippen MR) is 79.4 cm³/mol. The Labute approximate surface area is 121 Å². The average Bonchev–Trinajstić information content (AvgIpc) is 2.38. The van der Waals surface area contributed by atoms with E-state index in [1.807, 2.05) is 51.1 Å². The largest absolute Gasteiger partial charge is 0.373 e. The lowest BCUT2D eigenvalue weighted by atomic mass is 10.1. The summed E-state index contributed by atoms with van der Waals surface area (Å²) in [5.41, 5.74) is 1.13. The lowest BCUT2D eigenvalue weighted by Gasteiger charge is -2.35. The SMILES string of the molecule is C[C@H]1CN(CC(=O)N[C@H](C)c2ccccc2)C[C@H](C)O1. The molecule has 2 rings (SSSR count). The zero-order valence-electron chi connectivity index (χ0n) is 12.5. The van der Waals surface area contributed by atoms with Crippen LogP contribution in [-0.2, 0) is 9.53 Å². The van der Waals surface area contributed by atoms with Crippen molar-refractivity contribution < 1.29 is 9.53 Å². The van der Waals surface area contributed by atoms with Gasteiger partial charge in [0.2, 0.25) is 5.91 Å². The van der Waals surface area contributed by atoms with Gasteiger partial charge in [0, 0.05) is 13.1 Å². The maximum absolute atomic E-state index is 12.1. The second kappa shape index (κ2) is 6.86. The quantitative estimate of drug-likeness (QED) is 0.914. The molecule has 1 fully saturated rings. The molecule has 0 saturated carbocycles. The number of carbonyl (C=O) groups excluding carboxylic acids is 1. The van der Waals surface area contributed by atoms with Crippen molar-refractivity contribution in [3.63, 3.8) is 0 Å². The molecule has 0 aliphatic carbocycles. The van der Waals surface area contributed by atoms with Crippen LogP contribution >= 0.6 is 0 Å². The van der Waals surface area contributed by atoms with E-state index in [1.165, 1.54) is 0 Å². The van der Waals surface area contributed by atoms with Crippen molar-refractivity contribution in [3.05, 3.63) is 35.9 Å². The zero-order valence-corrected chi connectivity index (χ0v) is 12.5. The van der Waals surface area contributed by atoms with E-state index in [0.29, 0.717) is 6.54 Å². The molecule has 1 N–H and O–H groups in total. The molecule has 1 aliphatic heterocycles. The molecule has 3 atom stereocenters. The van der Waals surface area contributed by atoms with Gasteiger partial charge in [-0.1, -0.05) is 30.3 Å². The van der Waals surface area contributed by atoms with Gasteiger partial charge in [0.25, 0.3) is 0 Å². The highest BCUT2D eigenvalue weighted by Crippen LogP contribution is 2.12. The first-order valence-electron chi connectivity index (χ1n) is 7.26. The van der Waals surface area contributed by atoms with Gasteiger partial charge < -0.3 is 10.1 Å². The highest BCUT2D eigenvalue weighted by molar-refractivity contribution is 5.78. The zero-order chi connectivity index (χ0) is 14.5. The Morgan fingerprint density at radius 2 is 1.90 bits per heavy atom. The highest BCUT2D eigenvalue weighted by Gasteiger charge is 2.24. The first-order valence-corrected chi connectivity index (χ1v) is 7.26. The Morgan fingerprint density at radius 3 is 2.50 bits per heavy atom. The summed E-state index contributed by atoms with van der Waals surface area (Å²) < 4.78 is 5.67. The van der Waals surface area contributed by atoms with Gasteiger partial charge >= 0.3 is 0 Å². The van der Waals surface area contributed by atoms with Crippen molar-refractivity contribution in [2.45, 2.75) is 39.0 Å². The number of nitrogens with one attached hydrogen (secondary N) is 1. The van der Waals surface area contributed by atoms with E-state index in [0.717, 1.165) is 18.7 Å². The van der Waals surface area contributed by atoms with Crippen molar-refractivity contribution in [3.8, 4) is 0 Å². The maximum atomic E-state index is 12.1. The topological polar surface area (TPSA) is 41.6 Å². The number of hydrogen-bond donors (Lipinski definition) is 1. The number of carbonyl (C=O) groups is 1. The molecule has 0 unspecified atom stereocenters. The third-order valence-electron chi connectivity index (χ3n) is 3.54. The monoisotopic (exact) mass is 276 g/mol. The molecule has 0 bridgehead atoms. The summed E-state index contributed by atoms with van der Waals surface area (Å²) in [7, 11) is 0. The van der Waals surface area contributed by atoms with Gasteiger partial charge in [-0.2, -0.15) is 0 Å². The van der Waals surface area contributed by atoms with Gasteiger partial charge in [-0.15, -0.1) is 0 Å². The molecule has 1 heterocycles. The van der Waals surface area contributed by atoms with Crippen molar-refractivity contribution >= 4 is 5.91 Å². The van der Waals surface area contributed by atoms with Crippen molar-refractivity contribution in [1.82, 2.24) is 10.2 Å². The molecule has 0 radical (unpaired) electrons. The number of rotatable bonds is 4. The molecule has 1 aliphatic rings. The van der Waals surface area contributed by atoms with Crippen LogP contribution in [0.25, 0.3) is 0 Å². The molecule has 1 saturated heterocycles. The average molecular weight is 276 g/mol. The minimum Gasteiger partial charge on any atom is -0.373 e. The Morgan fingerprint density at radius 1 is 1.30 bits per heavy atom. The van der Waals surface area contributed by atoms with Gasteiger partial charge in [-0.3, -0.25) is 9.69 Å². The Kier molecular flexibility index (Phi) is 5.15. The summed E-state index contributed by atoms with van der Waals surface area (Å²) in [6.45, 7) is 8.18. The van der Waals surface area contributed by atoms with Crippen molar-refractivity contribution in [1.29, 1.82) is 0 Å². The van der Waals surface area contributed by atoms with E-state index < -0.39 is 0 Å². The highest BCUT2D eigenvalue weighted by atomic mass is 16.5. The van der Waals surface area contributed by atoms with E-state index >= 15 is 0 Å². The first-order chi connectivity index (χ1) is 9.54. The Bertz CT molecular complexity index is 425. The number of amides is 1. The van der Waals surface area contributed by atoms with Gasteiger partial charge in [0.1, 0.15) is 0 Å². The third kappa shape index (κ3) is 4.32. The van der Waals surface area contributed by atoms with Gasteiger partial charge in [0.15, 0.2) is 0 Å². The smallest absolute Gasteiger partial charge is 0.234 e. The third-order valence-corrected chi connectivity index (χ3v) is 3.54. The van der Waals surface area contributed by atoms with E-state index in [-0.39, 0.29) is 24.2 Å². The van der Waals surface area contributed by atoms with E-state index in [2.05, 4.69) is 10.2 Å². The van der Waals surface area contributed by atoms with Crippen LogP contribution in [0.1, 0.15) is 32.4 Å². The van der Waals surface area contributed by atoms with Crippen LogP contribution in [-0.4, -0.2) is 42.6 Å². The van der Waals surface area contributed by atoms with Crippen LogP contribution in [0, 0.1) is 0 Å². The fourth-order valence-electron chi connectivity index (χ4n) is 2.73. The number of morpholine rings is 1. The first kappa shape index (κ1) is 15.0. The molecular weight excluding hydrogens is 252 g/mol. The summed E-state index contributed by atoms with van der Waals surface area (Å²) in [4.78, 5) is 14.3. The van der Waals surface area contributed by atoms with E-state index in [4.69, 9.17) is 4.74 Å². The lowest BCUT2D eigenvalue weighted by molar-refractivity contribution is -0.126. The molecule has 0 spiro atoms. The molecular formula is C16H24N2O2. The number of benzene rings is 1. The fourth-order valence-corrected chi connectivity index (χ4v) is 2.73. The molecule has 20 heavy (non-hydrogen) atoms. The van der Waals surface area contributed by atoms with Crippen LogP contribution in [0.5, 0.6) is 0 Å². The molecule has 4 heteroatoms. The minimum atomic E-state index is 0.0413. The van der Waals surface area contributed by atoms with Crippen LogP contribution in [0.3, 0.4) is 0 Å². The van der Waals surface area contributed by atoms with Gasteiger partial charge in [-0.05, 0) is 26.3 Å². The Balaban J connectivity index is 1.83. The minimum absolute atomic E-state index is 0.0413. The van der Waals surface area contributed by atoms with Crippen molar-refractivity contribution in [2.75, 3.05) is 19.6 Å². The molecule has 1 aromatic carbocycles. The Hall–Kier alpha value is -1.39. The van der Waals surface area contributed by atoms with Crippen LogP contribution in [0.4, 0.5) is 0 Å². The summed E-state index contributed by atoms with van der Waals surface area (Å²) in [6, 6.07) is 10.1. The second-order valence-electron chi connectivity index (χ2n) is 5.65. The second-order valence-corrected chi connectivity index (χ2v) is 5.65.